The number of likely N-dealkylation sites (tertiary alicyclic amines) is 1. The Balaban J connectivity index is 1.31. The Morgan fingerprint density at radius 3 is 2.08 bits per heavy atom. The lowest BCUT2D eigenvalue weighted by molar-refractivity contribution is 0.180. The second kappa shape index (κ2) is 8.26. The van der Waals surface area contributed by atoms with Gasteiger partial charge in [0.05, 0.1) is 0 Å². The molecule has 2 nitrogen and oxygen atoms in total. The van der Waals surface area contributed by atoms with Gasteiger partial charge in [-0.25, -0.2) is 0 Å². The third kappa shape index (κ3) is 3.81. The van der Waals surface area contributed by atoms with Crippen LogP contribution in [0.5, 0.6) is 0 Å². The highest BCUT2D eigenvalue weighted by Gasteiger charge is 2.15. The Bertz CT molecular complexity index is 794. The molecule has 2 heterocycles. The minimum Gasteiger partial charge on any atom is -0.340 e. The van der Waals surface area contributed by atoms with Crippen molar-refractivity contribution in [3.8, 4) is 0 Å². The molecule has 4 rings (SSSR count). The SMILES string of the molecule is CC1CCCN(CCCCCCn2c3ccccc3c3ccccc32)C1. The monoisotopic (exact) mass is 348 g/mol. The number of para-hydroxylation sites is 2. The van der Waals surface area contributed by atoms with Gasteiger partial charge in [-0.1, -0.05) is 56.2 Å². The highest BCUT2D eigenvalue weighted by atomic mass is 15.1. The van der Waals surface area contributed by atoms with Crippen molar-refractivity contribution in [3.63, 3.8) is 0 Å². The average molecular weight is 349 g/mol. The number of unbranched alkanes of at least 4 members (excludes halogenated alkanes) is 3. The first-order valence-corrected chi connectivity index (χ1v) is 10.5. The fourth-order valence-electron chi connectivity index (χ4n) is 4.69. The molecule has 0 N–H and O–H groups in total. The van der Waals surface area contributed by atoms with Crippen LogP contribution in [0.3, 0.4) is 0 Å². The zero-order valence-corrected chi connectivity index (χ0v) is 16.2. The summed E-state index contributed by atoms with van der Waals surface area (Å²) >= 11 is 0. The van der Waals surface area contributed by atoms with Gasteiger partial charge in [0.25, 0.3) is 0 Å². The van der Waals surface area contributed by atoms with Crippen molar-refractivity contribution < 1.29 is 0 Å². The van der Waals surface area contributed by atoms with Crippen LogP contribution in [-0.2, 0) is 6.54 Å². The summed E-state index contributed by atoms with van der Waals surface area (Å²) in [7, 11) is 0. The highest BCUT2D eigenvalue weighted by Crippen LogP contribution is 2.29. The van der Waals surface area contributed by atoms with Crippen LogP contribution in [-0.4, -0.2) is 29.1 Å². The Hall–Kier alpha value is -1.80. The van der Waals surface area contributed by atoms with Gasteiger partial charge >= 0.3 is 0 Å². The zero-order valence-electron chi connectivity index (χ0n) is 16.2. The topological polar surface area (TPSA) is 8.17 Å². The van der Waals surface area contributed by atoms with Crippen molar-refractivity contribution in [1.29, 1.82) is 0 Å². The molecule has 26 heavy (non-hydrogen) atoms. The zero-order chi connectivity index (χ0) is 17.8. The van der Waals surface area contributed by atoms with Gasteiger partial charge in [0, 0.05) is 34.9 Å². The lowest BCUT2D eigenvalue weighted by atomic mass is 10.00. The molecule has 0 spiro atoms. The van der Waals surface area contributed by atoms with E-state index in [0.717, 1.165) is 12.5 Å². The van der Waals surface area contributed by atoms with E-state index in [1.165, 1.54) is 80.0 Å². The lowest BCUT2D eigenvalue weighted by Gasteiger charge is -2.30. The molecule has 1 aliphatic heterocycles. The molecule has 1 atom stereocenters. The second-order valence-electron chi connectivity index (χ2n) is 8.15. The summed E-state index contributed by atoms with van der Waals surface area (Å²) in [5.74, 6) is 0.902. The quantitative estimate of drug-likeness (QED) is 0.469. The third-order valence-corrected chi connectivity index (χ3v) is 6.03. The molecule has 0 bridgehead atoms. The first-order chi connectivity index (χ1) is 12.8. The first-order valence-electron chi connectivity index (χ1n) is 10.5. The number of hydrogen-bond acceptors (Lipinski definition) is 1. The molecule has 0 amide bonds. The predicted octanol–water partition coefficient (Wildman–Crippen LogP) is 6.09. The maximum atomic E-state index is 2.68. The van der Waals surface area contributed by atoms with Crippen molar-refractivity contribution in [3.05, 3.63) is 48.5 Å². The highest BCUT2D eigenvalue weighted by molar-refractivity contribution is 6.07. The molecule has 0 radical (unpaired) electrons. The summed E-state index contributed by atoms with van der Waals surface area (Å²) in [5.41, 5.74) is 2.77. The number of piperidine rings is 1. The number of aromatic nitrogens is 1. The van der Waals surface area contributed by atoms with Gasteiger partial charge in [-0.05, 0) is 56.8 Å². The lowest BCUT2D eigenvalue weighted by Crippen LogP contribution is -2.34. The third-order valence-electron chi connectivity index (χ3n) is 6.03. The summed E-state index contributed by atoms with van der Waals surface area (Å²) in [5, 5.41) is 2.78. The second-order valence-corrected chi connectivity index (χ2v) is 8.15. The van der Waals surface area contributed by atoms with Gasteiger partial charge < -0.3 is 9.47 Å². The first kappa shape index (κ1) is 17.6. The van der Waals surface area contributed by atoms with E-state index in [0.29, 0.717) is 0 Å². The van der Waals surface area contributed by atoms with Gasteiger partial charge in [0.1, 0.15) is 0 Å². The van der Waals surface area contributed by atoms with Crippen LogP contribution in [0, 0.1) is 5.92 Å². The number of aryl methyl sites for hydroxylation is 1. The normalized spacial score (nSPS) is 18.7. The molecule has 2 heteroatoms. The molecule has 0 saturated carbocycles. The molecule has 1 fully saturated rings. The molecule has 1 saturated heterocycles. The van der Waals surface area contributed by atoms with Crippen molar-refractivity contribution in [2.75, 3.05) is 19.6 Å². The van der Waals surface area contributed by atoms with Crippen LogP contribution >= 0.6 is 0 Å². The van der Waals surface area contributed by atoms with E-state index in [-0.39, 0.29) is 0 Å². The molecule has 2 aromatic carbocycles. The van der Waals surface area contributed by atoms with Gasteiger partial charge in [0.2, 0.25) is 0 Å². The average Bonchev–Trinajstić information content (AvgIpc) is 2.99. The van der Waals surface area contributed by atoms with E-state index >= 15 is 0 Å². The molecular weight excluding hydrogens is 316 g/mol. The Labute approximate surface area is 157 Å². The summed E-state index contributed by atoms with van der Waals surface area (Å²) in [6.45, 7) is 7.49. The van der Waals surface area contributed by atoms with E-state index in [1.807, 2.05) is 0 Å². The Morgan fingerprint density at radius 1 is 0.808 bits per heavy atom. The smallest absolute Gasteiger partial charge is 0.0491 e. The van der Waals surface area contributed by atoms with Gasteiger partial charge in [-0.15, -0.1) is 0 Å². The number of hydrogen-bond donors (Lipinski definition) is 0. The van der Waals surface area contributed by atoms with Gasteiger partial charge in [-0.2, -0.15) is 0 Å². The molecule has 138 valence electrons. The molecular formula is C24H32N2. The summed E-state index contributed by atoms with van der Waals surface area (Å²) < 4.78 is 2.52. The van der Waals surface area contributed by atoms with Crippen LogP contribution in [0.25, 0.3) is 21.8 Å². The largest absolute Gasteiger partial charge is 0.340 e. The van der Waals surface area contributed by atoms with Crippen LogP contribution in [0.1, 0.15) is 45.4 Å². The number of fused-ring (bicyclic) bond motifs is 3. The van der Waals surface area contributed by atoms with E-state index < -0.39 is 0 Å². The molecule has 1 aromatic heterocycles. The fourth-order valence-corrected chi connectivity index (χ4v) is 4.69. The van der Waals surface area contributed by atoms with Crippen molar-refractivity contribution in [1.82, 2.24) is 9.47 Å². The summed E-state index contributed by atoms with van der Waals surface area (Å²) in [6, 6.07) is 17.7. The van der Waals surface area contributed by atoms with Crippen LogP contribution in [0.4, 0.5) is 0 Å². The molecule has 3 aromatic rings. The molecule has 1 aliphatic rings. The van der Waals surface area contributed by atoms with E-state index in [9.17, 15) is 0 Å². The molecule has 0 aliphatic carbocycles. The maximum absolute atomic E-state index is 2.68. The van der Waals surface area contributed by atoms with E-state index in [1.54, 1.807) is 0 Å². The molecule has 1 unspecified atom stereocenters. The maximum Gasteiger partial charge on any atom is 0.0491 e. The van der Waals surface area contributed by atoms with E-state index in [4.69, 9.17) is 0 Å². The van der Waals surface area contributed by atoms with Crippen molar-refractivity contribution in [2.45, 2.75) is 52.0 Å². The fraction of sp³-hybridized carbons (Fsp3) is 0.500. The minimum atomic E-state index is 0.902. The Morgan fingerprint density at radius 2 is 1.42 bits per heavy atom. The summed E-state index contributed by atoms with van der Waals surface area (Å²) in [6.07, 6.45) is 8.16. The number of nitrogens with zero attached hydrogens (tertiary/aromatic N) is 2. The van der Waals surface area contributed by atoms with Crippen molar-refractivity contribution >= 4 is 21.8 Å². The van der Waals surface area contributed by atoms with Gasteiger partial charge in [-0.3, -0.25) is 0 Å². The minimum absolute atomic E-state index is 0.902. The van der Waals surface area contributed by atoms with E-state index in [2.05, 4.69) is 64.9 Å². The summed E-state index contributed by atoms with van der Waals surface area (Å²) in [4.78, 5) is 2.68. The Kier molecular flexibility index (Phi) is 5.59. The van der Waals surface area contributed by atoms with Crippen LogP contribution in [0.2, 0.25) is 0 Å². The standard InChI is InChI=1S/C24H32N2/c1-20-11-10-17-25(19-20)16-8-2-3-9-18-26-23-14-6-4-12-21(23)22-13-5-7-15-24(22)26/h4-7,12-15,20H,2-3,8-11,16-19H2,1H3. The van der Waals surface area contributed by atoms with Gasteiger partial charge in [0.15, 0.2) is 0 Å². The number of benzene rings is 2. The predicted molar refractivity (Wildman–Crippen MR) is 113 cm³/mol. The van der Waals surface area contributed by atoms with Crippen LogP contribution in [0.15, 0.2) is 48.5 Å². The van der Waals surface area contributed by atoms with Crippen LogP contribution < -0.4 is 0 Å². The number of rotatable bonds is 7. The van der Waals surface area contributed by atoms with Crippen molar-refractivity contribution in [2.24, 2.45) is 5.92 Å².